The van der Waals surface area contributed by atoms with Crippen molar-refractivity contribution in [2.45, 2.75) is 18.9 Å². The van der Waals surface area contributed by atoms with Crippen LogP contribution in [0.15, 0.2) is 36.9 Å². The van der Waals surface area contributed by atoms with E-state index in [4.69, 9.17) is 0 Å². The molecule has 4 rings (SSSR count). The van der Waals surface area contributed by atoms with Crippen molar-refractivity contribution in [1.29, 1.82) is 0 Å². The third-order valence-electron chi connectivity index (χ3n) is 4.85. The number of aryl methyl sites for hydroxylation is 1. The summed E-state index contributed by atoms with van der Waals surface area (Å²) in [7, 11) is 3.70. The molecule has 1 aliphatic rings. The Hall–Kier alpha value is -2.90. The first-order chi connectivity index (χ1) is 12.1. The highest BCUT2D eigenvalue weighted by Gasteiger charge is 2.27. The highest BCUT2D eigenvalue weighted by atomic mass is 16.2. The molecule has 0 aliphatic carbocycles. The third-order valence-corrected chi connectivity index (χ3v) is 4.85. The number of rotatable bonds is 3. The van der Waals surface area contributed by atoms with Gasteiger partial charge in [-0.25, -0.2) is 9.50 Å². The van der Waals surface area contributed by atoms with E-state index < -0.39 is 0 Å². The monoisotopic (exact) mass is 339 g/mol. The Morgan fingerprint density at radius 2 is 2.04 bits per heavy atom. The van der Waals surface area contributed by atoms with Gasteiger partial charge in [-0.2, -0.15) is 10.2 Å². The van der Waals surface area contributed by atoms with Gasteiger partial charge in [0.1, 0.15) is 5.82 Å². The first kappa shape index (κ1) is 15.6. The Kier molecular flexibility index (Phi) is 3.87. The van der Waals surface area contributed by atoms with Crippen molar-refractivity contribution in [2.75, 3.05) is 25.0 Å². The van der Waals surface area contributed by atoms with Crippen molar-refractivity contribution in [1.82, 2.24) is 29.3 Å². The van der Waals surface area contributed by atoms with E-state index in [1.54, 1.807) is 27.8 Å². The number of hydrogen-bond acceptors (Lipinski definition) is 5. The number of amides is 1. The van der Waals surface area contributed by atoms with Crippen LogP contribution < -0.4 is 4.90 Å². The van der Waals surface area contributed by atoms with Crippen LogP contribution in [0.3, 0.4) is 0 Å². The summed E-state index contributed by atoms with van der Waals surface area (Å²) in [6.45, 7) is 1.76. The third kappa shape index (κ3) is 2.95. The second-order valence-electron chi connectivity index (χ2n) is 6.46. The standard InChI is InChI=1S/C17H21N7O/c1-21-12-13(11-19-21)17(25)22(2)14-4-8-23(9-5-14)15-6-10-24-16(20-15)3-7-18-24/h3,6-7,10-12,14H,4-5,8-9H2,1-2H3. The van der Waals surface area contributed by atoms with Gasteiger partial charge in [-0.05, 0) is 18.9 Å². The van der Waals surface area contributed by atoms with Crippen LogP contribution in [0, 0.1) is 0 Å². The Morgan fingerprint density at radius 1 is 1.24 bits per heavy atom. The van der Waals surface area contributed by atoms with Crippen LogP contribution >= 0.6 is 0 Å². The highest BCUT2D eigenvalue weighted by molar-refractivity contribution is 5.93. The van der Waals surface area contributed by atoms with Crippen molar-refractivity contribution in [2.24, 2.45) is 7.05 Å². The van der Waals surface area contributed by atoms with E-state index in [2.05, 4.69) is 20.1 Å². The smallest absolute Gasteiger partial charge is 0.257 e. The minimum absolute atomic E-state index is 0.0327. The summed E-state index contributed by atoms with van der Waals surface area (Å²) in [5, 5.41) is 8.26. The van der Waals surface area contributed by atoms with Crippen LogP contribution in [-0.2, 0) is 7.05 Å². The van der Waals surface area contributed by atoms with Crippen molar-refractivity contribution < 1.29 is 4.79 Å². The zero-order valence-corrected chi connectivity index (χ0v) is 14.4. The molecule has 0 atom stereocenters. The summed E-state index contributed by atoms with van der Waals surface area (Å²) < 4.78 is 3.42. The largest absolute Gasteiger partial charge is 0.356 e. The molecule has 1 fully saturated rings. The van der Waals surface area contributed by atoms with Gasteiger partial charge in [0.15, 0.2) is 5.65 Å². The van der Waals surface area contributed by atoms with Gasteiger partial charge in [0.25, 0.3) is 5.91 Å². The second kappa shape index (κ2) is 6.19. The molecule has 25 heavy (non-hydrogen) atoms. The van der Waals surface area contributed by atoms with E-state index in [1.165, 1.54) is 0 Å². The van der Waals surface area contributed by atoms with Gasteiger partial charge in [-0.15, -0.1) is 0 Å². The van der Waals surface area contributed by atoms with Crippen LogP contribution in [-0.4, -0.2) is 61.4 Å². The molecule has 0 spiro atoms. The molecule has 0 radical (unpaired) electrons. The average molecular weight is 339 g/mol. The predicted octanol–water partition coefficient (Wildman–Crippen LogP) is 1.20. The highest BCUT2D eigenvalue weighted by Crippen LogP contribution is 2.22. The molecule has 3 aromatic heterocycles. The molecule has 1 saturated heterocycles. The number of nitrogens with zero attached hydrogens (tertiary/aromatic N) is 7. The van der Waals surface area contributed by atoms with E-state index in [0.29, 0.717) is 5.56 Å². The Morgan fingerprint density at radius 3 is 2.76 bits per heavy atom. The normalized spacial score (nSPS) is 15.7. The molecule has 0 unspecified atom stereocenters. The van der Waals surface area contributed by atoms with Crippen LogP contribution in [0.1, 0.15) is 23.2 Å². The molecule has 0 aromatic carbocycles. The molecule has 3 aromatic rings. The molecular formula is C17H21N7O. The van der Waals surface area contributed by atoms with Gasteiger partial charge < -0.3 is 9.80 Å². The van der Waals surface area contributed by atoms with Gasteiger partial charge >= 0.3 is 0 Å². The van der Waals surface area contributed by atoms with E-state index >= 15 is 0 Å². The quantitative estimate of drug-likeness (QED) is 0.717. The van der Waals surface area contributed by atoms with E-state index in [0.717, 1.165) is 37.4 Å². The number of piperidine rings is 1. The topological polar surface area (TPSA) is 71.6 Å². The lowest BCUT2D eigenvalue weighted by Gasteiger charge is -2.37. The van der Waals surface area contributed by atoms with E-state index in [9.17, 15) is 4.79 Å². The van der Waals surface area contributed by atoms with Crippen LogP contribution in [0.4, 0.5) is 5.82 Å². The zero-order valence-electron chi connectivity index (χ0n) is 14.4. The molecule has 8 nitrogen and oxygen atoms in total. The lowest BCUT2D eigenvalue weighted by Crippen LogP contribution is -2.45. The summed E-state index contributed by atoms with van der Waals surface area (Å²) in [4.78, 5) is 21.3. The SMILES string of the molecule is CN(C(=O)c1cnn(C)c1)C1CCN(c2ccn3nccc3n2)CC1. The van der Waals surface area contributed by atoms with E-state index in [-0.39, 0.29) is 11.9 Å². The summed E-state index contributed by atoms with van der Waals surface area (Å²) in [6.07, 6.45) is 8.92. The first-order valence-electron chi connectivity index (χ1n) is 8.43. The fourth-order valence-corrected chi connectivity index (χ4v) is 3.36. The minimum atomic E-state index is 0.0327. The number of aromatic nitrogens is 5. The van der Waals surface area contributed by atoms with Crippen LogP contribution in [0.2, 0.25) is 0 Å². The molecular weight excluding hydrogens is 318 g/mol. The first-order valence-corrected chi connectivity index (χ1v) is 8.43. The Labute approximate surface area is 145 Å². The molecule has 0 N–H and O–H groups in total. The molecule has 8 heteroatoms. The van der Waals surface area contributed by atoms with Crippen LogP contribution in [0.5, 0.6) is 0 Å². The van der Waals surface area contributed by atoms with Crippen molar-refractivity contribution in [3.63, 3.8) is 0 Å². The Bertz CT molecular complexity index is 891. The van der Waals surface area contributed by atoms with Gasteiger partial charge in [0.2, 0.25) is 0 Å². The Balaban J connectivity index is 1.41. The van der Waals surface area contributed by atoms with Gasteiger partial charge in [0.05, 0.1) is 18.0 Å². The molecule has 130 valence electrons. The average Bonchev–Trinajstić information content (AvgIpc) is 3.28. The zero-order chi connectivity index (χ0) is 17.4. The van der Waals surface area contributed by atoms with Gasteiger partial charge in [-0.1, -0.05) is 0 Å². The lowest BCUT2D eigenvalue weighted by molar-refractivity contribution is 0.0709. The molecule has 4 heterocycles. The fourth-order valence-electron chi connectivity index (χ4n) is 3.36. The fraction of sp³-hybridized carbons (Fsp3) is 0.412. The maximum atomic E-state index is 12.6. The summed E-state index contributed by atoms with van der Waals surface area (Å²) in [6, 6.07) is 4.13. The number of hydrogen-bond donors (Lipinski definition) is 0. The molecule has 1 amide bonds. The van der Waals surface area contributed by atoms with Crippen molar-refractivity contribution in [3.8, 4) is 0 Å². The van der Waals surface area contributed by atoms with Gasteiger partial charge in [-0.3, -0.25) is 9.48 Å². The van der Waals surface area contributed by atoms with Crippen molar-refractivity contribution >= 4 is 17.4 Å². The number of fused-ring (bicyclic) bond motifs is 1. The maximum absolute atomic E-state index is 12.6. The van der Waals surface area contributed by atoms with Crippen LogP contribution in [0.25, 0.3) is 5.65 Å². The number of carbonyl (C=O) groups excluding carboxylic acids is 1. The maximum Gasteiger partial charge on any atom is 0.257 e. The van der Waals surface area contributed by atoms with Gasteiger partial charge in [0, 0.05) is 51.7 Å². The second-order valence-corrected chi connectivity index (χ2v) is 6.46. The summed E-state index contributed by atoms with van der Waals surface area (Å²) in [5.74, 6) is 0.998. The number of carbonyl (C=O) groups is 1. The van der Waals surface area contributed by atoms with E-state index in [1.807, 2.05) is 37.3 Å². The minimum Gasteiger partial charge on any atom is -0.356 e. The summed E-state index contributed by atoms with van der Waals surface area (Å²) in [5.41, 5.74) is 1.49. The predicted molar refractivity (Wildman–Crippen MR) is 93.5 cm³/mol. The molecule has 1 aliphatic heterocycles. The van der Waals surface area contributed by atoms with Crippen molar-refractivity contribution in [3.05, 3.63) is 42.5 Å². The molecule has 0 bridgehead atoms. The number of anilines is 1. The lowest BCUT2D eigenvalue weighted by atomic mass is 10.0. The summed E-state index contributed by atoms with van der Waals surface area (Å²) >= 11 is 0. The molecule has 0 saturated carbocycles.